The van der Waals surface area contributed by atoms with Crippen LogP contribution in [-0.4, -0.2) is 4.98 Å². The van der Waals surface area contributed by atoms with Gasteiger partial charge in [0, 0.05) is 16.1 Å². The molecule has 72 valence electrons. The largest absolute Gasteiger partial charge is 0.324 e. The predicted octanol–water partition coefficient (Wildman–Crippen LogP) is 2.40. The number of nitrogen functional groups attached to an aromatic ring is 1. The summed E-state index contributed by atoms with van der Waals surface area (Å²) in [5, 5.41) is 0. The second-order valence-corrected chi connectivity index (χ2v) is 4.04. The van der Waals surface area contributed by atoms with Gasteiger partial charge in [0.15, 0.2) is 0 Å². The third-order valence-electron chi connectivity index (χ3n) is 2.07. The van der Waals surface area contributed by atoms with Crippen LogP contribution < -0.4 is 11.3 Å². The van der Waals surface area contributed by atoms with Gasteiger partial charge in [-0.2, -0.15) is 0 Å². The highest BCUT2D eigenvalue weighted by Crippen LogP contribution is 2.25. The number of hydrogen-bond donors (Lipinski definition) is 2. The summed E-state index contributed by atoms with van der Waals surface area (Å²) in [7, 11) is 0. The van der Waals surface area contributed by atoms with Gasteiger partial charge in [-0.25, -0.2) is 4.98 Å². The third-order valence-corrected chi connectivity index (χ3v) is 2.83. The van der Waals surface area contributed by atoms with Crippen molar-refractivity contribution in [2.24, 2.45) is 5.84 Å². The zero-order valence-electron chi connectivity index (χ0n) is 7.82. The Bertz CT molecular complexity index is 419. The number of nitrogens with two attached hydrogens (primary N) is 1. The fraction of sp³-hybridized carbons (Fsp3) is 0.100. The molecular weight excluding hydrogens is 194 g/mol. The average molecular weight is 205 g/mol. The highest BCUT2D eigenvalue weighted by Gasteiger charge is 2.03. The van der Waals surface area contributed by atoms with Crippen molar-refractivity contribution in [3.8, 4) is 11.3 Å². The van der Waals surface area contributed by atoms with Crippen LogP contribution in [0.1, 0.15) is 4.88 Å². The molecule has 1 aromatic heterocycles. The first-order valence-corrected chi connectivity index (χ1v) is 5.16. The van der Waals surface area contributed by atoms with Crippen molar-refractivity contribution in [2.45, 2.75) is 6.92 Å². The summed E-state index contributed by atoms with van der Waals surface area (Å²) in [5.41, 5.74) is 7.54. The normalized spacial score (nSPS) is 10.1. The van der Waals surface area contributed by atoms with E-state index in [1.807, 2.05) is 29.8 Å². The number of rotatable bonds is 2. The summed E-state index contributed by atoms with van der Waals surface area (Å²) >= 11 is 1.66. The second kappa shape index (κ2) is 3.77. The van der Waals surface area contributed by atoms with Gasteiger partial charge < -0.3 is 5.43 Å². The van der Waals surface area contributed by atoms with Crippen LogP contribution in [0.3, 0.4) is 0 Å². The fourth-order valence-corrected chi connectivity index (χ4v) is 1.91. The van der Waals surface area contributed by atoms with Gasteiger partial charge in [-0.3, -0.25) is 5.84 Å². The SMILES string of the molecule is Cc1scnc1-c1ccc(NN)cc1. The standard InChI is InChI=1S/C10H11N3S/c1-7-10(12-6-14-7)8-2-4-9(13-11)5-3-8/h2-6,13H,11H2,1H3. The van der Waals surface area contributed by atoms with Crippen LogP contribution in [0.15, 0.2) is 29.8 Å². The Hall–Kier alpha value is -1.39. The zero-order chi connectivity index (χ0) is 9.97. The summed E-state index contributed by atoms with van der Waals surface area (Å²) in [5.74, 6) is 5.28. The maximum atomic E-state index is 5.28. The van der Waals surface area contributed by atoms with E-state index < -0.39 is 0 Å². The van der Waals surface area contributed by atoms with Crippen LogP contribution in [0.5, 0.6) is 0 Å². The molecule has 2 rings (SSSR count). The summed E-state index contributed by atoms with van der Waals surface area (Å²) in [6, 6.07) is 7.90. The van der Waals surface area contributed by atoms with Gasteiger partial charge in [0.2, 0.25) is 0 Å². The van der Waals surface area contributed by atoms with Crippen molar-refractivity contribution in [3.63, 3.8) is 0 Å². The molecule has 14 heavy (non-hydrogen) atoms. The smallest absolute Gasteiger partial charge is 0.0840 e. The monoisotopic (exact) mass is 205 g/mol. The first-order valence-electron chi connectivity index (χ1n) is 4.28. The van der Waals surface area contributed by atoms with E-state index in [0.717, 1.165) is 16.9 Å². The van der Waals surface area contributed by atoms with Crippen molar-refractivity contribution in [1.29, 1.82) is 0 Å². The molecule has 0 aliphatic rings. The van der Waals surface area contributed by atoms with Crippen molar-refractivity contribution in [1.82, 2.24) is 4.98 Å². The Morgan fingerprint density at radius 2 is 2.00 bits per heavy atom. The number of benzene rings is 1. The van der Waals surface area contributed by atoms with Crippen LogP contribution in [-0.2, 0) is 0 Å². The van der Waals surface area contributed by atoms with Gasteiger partial charge in [-0.05, 0) is 19.1 Å². The molecule has 1 heterocycles. The highest BCUT2D eigenvalue weighted by molar-refractivity contribution is 7.10. The van der Waals surface area contributed by atoms with Gasteiger partial charge in [-0.15, -0.1) is 11.3 Å². The summed E-state index contributed by atoms with van der Waals surface area (Å²) in [4.78, 5) is 5.54. The van der Waals surface area contributed by atoms with Gasteiger partial charge >= 0.3 is 0 Å². The minimum Gasteiger partial charge on any atom is -0.324 e. The van der Waals surface area contributed by atoms with Crippen molar-refractivity contribution in [2.75, 3.05) is 5.43 Å². The molecule has 0 aliphatic carbocycles. The van der Waals surface area contributed by atoms with E-state index in [4.69, 9.17) is 5.84 Å². The average Bonchev–Trinajstić information content (AvgIpc) is 2.65. The number of hydrogen-bond acceptors (Lipinski definition) is 4. The van der Waals surface area contributed by atoms with Crippen LogP contribution in [0.2, 0.25) is 0 Å². The number of hydrazine groups is 1. The van der Waals surface area contributed by atoms with E-state index in [9.17, 15) is 0 Å². The summed E-state index contributed by atoms with van der Waals surface area (Å²) in [6.45, 7) is 2.07. The number of aromatic nitrogens is 1. The van der Waals surface area contributed by atoms with Crippen LogP contribution in [0, 0.1) is 6.92 Å². The first-order chi connectivity index (χ1) is 6.81. The molecule has 0 amide bonds. The molecular formula is C10H11N3S. The molecule has 2 aromatic rings. The number of aryl methyl sites for hydroxylation is 1. The zero-order valence-corrected chi connectivity index (χ0v) is 8.64. The van der Waals surface area contributed by atoms with Crippen LogP contribution in [0.4, 0.5) is 5.69 Å². The van der Waals surface area contributed by atoms with E-state index >= 15 is 0 Å². The highest BCUT2D eigenvalue weighted by atomic mass is 32.1. The quantitative estimate of drug-likeness (QED) is 0.584. The lowest BCUT2D eigenvalue weighted by Crippen LogP contribution is -2.05. The van der Waals surface area contributed by atoms with Crippen molar-refractivity contribution < 1.29 is 0 Å². The molecule has 0 aliphatic heterocycles. The van der Waals surface area contributed by atoms with E-state index in [1.54, 1.807) is 11.3 Å². The van der Waals surface area contributed by atoms with Crippen molar-refractivity contribution in [3.05, 3.63) is 34.7 Å². The molecule has 0 unspecified atom stereocenters. The summed E-state index contributed by atoms with van der Waals surface area (Å²) in [6.07, 6.45) is 0. The van der Waals surface area contributed by atoms with E-state index in [2.05, 4.69) is 17.3 Å². The Kier molecular flexibility index (Phi) is 2.47. The molecule has 0 saturated carbocycles. The Balaban J connectivity index is 2.39. The molecule has 0 saturated heterocycles. The topological polar surface area (TPSA) is 50.9 Å². The third kappa shape index (κ3) is 1.62. The minimum atomic E-state index is 0.904. The molecule has 0 radical (unpaired) electrons. The molecule has 0 atom stereocenters. The van der Waals surface area contributed by atoms with Gasteiger partial charge in [-0.1, -0.05) is 12.1 Å². The number of nitrogens with zero attached hydrogens (tertiary/aromatic N) is 1. The van der Waals surface area contributed by atoms with Gasteiger partial charge in [0.25, 0.3) is 0 Å². The van der Waals surface area contributed by atoms with Crippen LogP contribution >= 0.6 is 11.3 Å². The van der Waals surface area contributed by atoms with Gasteiger partial charge in [0.1, 0.15) is 0 Å². The maximum Gasteiger partial charge on any atom is 0.0840 e. The fourth-order valence-electron chi connectivity index (χ4n) is 1.31. The van der Waals surface area contributed by atoms with Gasteiger partial charge in [0.05, 0.1) is 11.2 Å². The lowest BCUT2D eigenvalue weighted by Gasteiger charge is -2.01. The second-order valence-electron chi connectivity index (χ2n) is 2.98. The van der Waals surface area contributed by atoms with E-state index in [-0.39, 0.29) is 0 Å². The number of thiazole rings is 1. The molecule has 0 fully saturated rings. The molecule has 3 nitrogen and oxygen atoms in total. The Labute approximate surface area is 86.6 Å². The lowest BCUT2D eigenvalue weighted by molar-refractivity contribution is 1.34. The molecule has 0 bridgehead atoms. The lowest BCUT2D eigenvalue weighted by atomic mass is 10.1. The Morgan fingerprint density at radius 3 is 2.50 bits per heavy atom. The molecule has 1 aromatic carbocycles. The Morgan fingerprint density at radius 1 is 1.29 bits per heavy atom. The molecule has 0 spiro atoms. The number of anilines is 1. The molecule has 3 N–H and O–H groups in total. The van der Waals surface area contributed by atoms with Crippen molar-refractivity contribution >= 4 is 17.0 Å². The number of nitrogens with one attached hydrogen (secondary N) is 1. The van der Waals surface area contributed by atoms with Crippen LogP contribution in [0.25, 0.3) is 11.3 Å². The maximum absolute atomic E-state index is 5.28. The predicted molar refractivity (Wildman–Crippen MR) is 60.1 cm³/mol. The van der Waals surface area contributed by atoms with E-state index in [1.165, 1.54) is 4.88 Å². The molecule has 4 heteroatoms. The van der Waals surface area contributed by atoms with E-state index in [0.29, 0.717) is 0 Å². The summed E-state index contributed by atoms with van der Waals surface area (Å²) < 4.78 is 0. The minimum absolute atomic E-state index is 0.904. The first kappa shape index (κ1) is 9.18.